The average Bonchev–Trinajstić information content (AvgIpc) is 2.67. The molecule has 29 heavy (non-hydrogen) atoms. The van der Waals surface area contributed by atoms with Crippen molar-refractivity contribution in [2.45, 2.75) is 17.5 Å². The van der Waals surface area contributed by atoms with Crippen LogP contribution < -0.4 is 0 Å². The van der Waals surface area contributed by atoms with E-state index in [4.69, 9.17) is 4.74 Å². The van der Waals surface area contributed by atoms with E-state index in [0.29, 0.717) is 13.1 Å². The first-order chi connectivity index (χ1) is 14.0. The van der Waals surface area contributed by atoms with Gasteiger partial charge in [-0.25, -0.2) is 4.39 Å². The highest BCUT2D eigenvalue weighted by Gasteiger charge is 2.68. The monoisotopic (exact) mass is 398 g/mol. The normalized spacial score (nSPS) is 22.2. The summed E-state index contributed by atoms with van der Waals surface area (Å²) in [4.78, 5) is 28.8. The van der Waals surface area contributed by atoms with Gasteiger partial charge in [0, 0.05) is 31.7 Å². The summed E-state index contributed by atoms with van der Waals surface area (Å²) in [5, 5.41) is 9.98. The van der Waals surface area contributed by atoms with Crippen LogP contribution >= 0.6 is 0 Å². The van der Waals surface area contributed by atoms with E-state index in [1.165, 1.54) is 25.3 Å². The molecular weight excluding hydrogens is 375 g/mol. The number of ether oxygens (including phenoxy) is 1. The molecule has 4 rings (SSSR count). The minimum absolute atomic E-state index is 0.0857. The Morgan fingerprint density at radius 3 is 2.52 bits per heavy atom. The topological polar surface area (TPSA) is 70.1 Å². The Balaban J connectivity index is 1.61. The molecule has 0 unspecified atom stereocenters. The SMILES string of the molecule is COCC(=O)N1[C@@H](CO)[C@@H](c2ccccc2)C12CN(C(=O)c1cccc(F)c1)C2. The lowest BCUT2D eigenvalue weighted by molar-refractivity contribution is -0.196. The highest BCUT2D eigenvalue weighted by molar-refractivity contribution is 5.95. The molecule has 2 heterocycles. The van der Waals surface area contributed by atoms with Crippen LogP contribution in [0.25, 0.3) is 0 Å². The molecule has 2 aromatic rings. The van der Waals surface area contributed by atoms with E-state index in [1.807, 2.05) is 30.3 Å². The zero-order valence-electron chi connectivity index (χ0n) is 16.1. The second-order valence-corrected chi connectivity index (χ2v) is 7.61. The molecule has 7 heteroatoms. The molecule has 2 aliphatic rings. The van der Waals surface area contributed by atoms with E-state index in [-0.39, 0.29) is 42.6 Å². The Bertz CT molecular complexity index is 914. The summed E-state index contributed by atoms with van der Waals surface area (Å²) in [5.41, 5.74) is 0.711. The van der Waals surface area contributed by atoms with Crippen molar-refractivity contribution < 1.29 is 23.8 Å². The van der Waals surface area contributed by atoms with E-state index < -0.39 is 11.4 Å². The number of rotatable bonds is 5. The van der Waals surface area contributed by atoms with Crippen molar-refractivity contribution in [2.75, 3.05) is 33.4 Å². The van der Waals surface area contributed by atoms with Gasteiger partial charge < -0.3 is 19.6 Å². The molecule has 6 nitrogen and oxygen atoms in total. The minimum atomic E-state index is -0.590. The van der Waals surface area contributed by atoms with Crippen LogP contribution in [0.1, 0.15) is 21.8 Å². The molecule has 0 saturated carbocycles. The molecule has 1 spiro atoms. The molecule has 1 N–H and O–H groups in total. The molecule has 2 fully saturated rings. The third kappa shape index (κ3) is 3.10. The van der Waals surface area contributed by atoms with Crippen molar-refractivity contribution >= 4 is 11.8 Å². The predicted molar refractivity (Wildman–Crippen MR) is 104 cm³/mol. The number of hydrogen-bond donors (Lipinski definition) is 1. The average molecular weight is 398 g/mol. The van der Waals surface area contributed by atoms with Gasteiger partial charge in [0.25, 0.3) is 5.91 Å². The summed E-state index contributed by atoms with van der Waals surface area (Å²) in [7, 11) is 1.45. The standard InChI is InChI=1S/C22H23FN2O4/c1-29-12-19(27)25-18(11-26)20(15-6-3-2-4-7-15)22(25)13-24(14-22)21(28)16-8-5-9-17(23)10-16/h2-10,18,20,26H,11-14H2,1H3/t18-,20+/m0/s1. The molecule has 2 amide bonds. The molecule has 0 aliphatic carbocycles. The van der Waals surface area contributed by atoms with E-state index in [1.54, 1.807) is 15.9 Å². The van der Waals surface area contributed by atoms with Crippen LogP contribution in [0, 0.1) is 5.82 Å². The van der Waals surface area contributed by atoms with Gasteiger partial charge in [0.1, 0.15) is 12.4 Å². The Morgan fingerprint density at radius 1 is 1.17 bits per heavy atom. The number of hydrogen-bond acceptors (Lipinski definition) is 4. The number of nitrogens with zero attached hydrogens (tertiary/aromatic N) is 2. The highest BCUT2D eigenvalue weighted by atomic mass is 19.1. The number of aliphatic hydroxyl groups is 1. The van der Waals surface area contributed by atoms with E-state index in [9.17, 15) is 19.1 Å². The maximum atomic E-state index is 13.5. The second-order valence-electron chi connectivity index (χ2n) is 7.61. The lowest BCUT2D eigenvalue weighted by atomic mass is 9.60. The van der Waals surface area contributed by atoms with E-state index in [0.717, 1.165) is 5.56 Å². The summed E-state index contributed by atoms with van der Waals surface area (Å²) >= 11 is 0. The fourth-order valence-corrected chi connectivity index (χ4v) is 4.82. The fourth-order valence-electron chi connectivity index (χ4n) is 4.82. The highest BCUT2D eigenvalue weighted by Crippen LogP contribution is 2.54. The van der Waals surface area contributed by atoms with Gasteiger partial charge in [-0.05, 0) is 23.8 Å². The van der Waals surface area contributed by atoms with Gasteiger partial charge in [0.15, 0.2) is 0 Å². The van der Waals surface area contributed by atoms with Gasteiger partial charge >= 0.3 is 0 Å². The first kappa shape index (κ1) is 19.5. The van der Waals surface area contributed by atoms with E-state index >= 15 is 0 Å². The van der Waals surface area contributed by atoms with Gasteiger partial charge in [0.05, 0.1) is 18.2 Å². The summed E-state index contributed by atoms with van der Waals surface area (Å²) in [5.74, 6) is -1.04. The first-order valence-corrected chi connectivity index (χ1v) is 9.53. The van der Waals surface area contributed by atoms with Crippen molar-refractivity contribution in [1.29, 1.82) is 0 Å². The third-order valence-corrected chi connectivity index (χ3v) is 5.95. The number of aliphatic hydroxyl groups excluding tert-OH is 1. The van der Waals surface area contributed by atoms with Crippen LogP contribution in [0.5, 0.6) is 0 Å². The van der Waals surface area contributed by atoms with Crippen LogP contribution in [0.2, 0.25) is 0 Å². The fraction of sp³-hybridized carbons (Fsp3) is 0.364. The van der Waals surface area contributed by atoms with Crippen LogP contribution in [-0.4, -0.2) is 71.7 Å². The lowest BCUT2D eigenvalue weighted by Gasteiger charge is -2.70. The smallest absolute Gasteiger partial charge is 0.254 e. The number of likely N-dealkylation sites (tertiary alicyclic amines) is 2. The van der Waals surface area contributed by atoms with Crippen LogP contribution in [0.4, 0.5) is 4.39 Å². The van der Waals surface area contributed by atoms with E-state index in [2.05, 4.69) is 0 Å². The quantitative estimate of drug-likeness (QED) is 0.832. The summed E-state index contributed by atoms with van der Waals surface area (Å²) in [6, 6.07) is 14.9. The van der Waals surface area contributed by atoms with Crippen LogP contribution in [-0.2, 0) is 9.53 Å². The Kier molecular flexibility index (Phi) is 5.10. The molecule has 2 atom stereocenters. The molecule has 2 saturated heterocycles. The zero-order chi connectivity index (χ0) is 20.6. The third-order valence-electron chi connectivity index (χ3n) is 5.95. The Morgan fingerprint density at radius 2 is 1.90 bits per heavy atom. The van der Waals surface area contributed by atoms with Gasteiger partial charge in [-0.3, -0.25) is 9.59 Å². The first-order valence-electron chi connectivity index (χ1n) is 9.53. The van der Waals surface area contributed by atoms with Gasteiger partial charge in [-0.1, -0.05) is 36.4 Å². The number of halogens is 1. The van der Waals surface area contributed by atoms with Gasteiger partial charge in [-0.15, -0.1) is 0 Å². The molecule has 2 aliphatic heterocycles. The van der Waals surface area contributed by atoms with Crippen LogP contribution in [0.3, 0.4) is 0 Å². The Labute approximate surface area is 168 Å². The van der Waals surface area contributed by atoms with Crippen molar-refractivity contribution in [3.8, 4) is 0 Å². The molecule has 2 aromatic carbocycles. The summed E-state index contributed by atoms with van der Waals surface area (Å²) in [6.45, 7) is 0.397. The second kappa shape index (κ2) is 7.57. The largest absolute Gasteiger partial charge is 0.394 e. The number of carbonyl (C=O) groups excluding carboxylic acids is 2. The van der Waals surface area contributed by atoms with Gasteiger partial charge in [-0.2, -0.15) is 0 Å². The summed E-state index contributed by atoms with van der Waals surface area (Å²) in [6.07, 6.45) is 0. The van der Waals surface area contributed by atoms with Crippen LogP contribution in [0.15, 0.2) is 54.6 Å². The predicted octanol–water partition coefficient (Wildman–Crippen LogP) is 1.65. The van der Waals surface area contributed by atoms with Crippen molar-refractivity contribution in [3.63, 3.8) is 0 Å². The van der Waals surface area contributed by atoms with Crippen molar-refractivity contribution in [2.24, 2.45) is 0 Å². The zero-order valence-corrected chi connectivity index (χ0v) is 16.1. The number of benzene rings is 2. The molecule has 0 aromatic heterocycles. The van der Waals surface area contributed by atoms with Crippen molar-refractivity contribution in [1.82, 2.24) is 9.80 Å². The number of methoxy groups -OCH3 is 1. The number of amides is 2. The number of carbonyl (C=O) groups is 2. The molecular formula is C22H23FN2O4. The molecule has 0 bridgehead atoms. The Hall–Kier alpha value is -2.77. The van der Waals surface area contributed by atoms with Crippen molar-refractivity contribution in [3.05, 3.63) is 71.5 Å². The summed E-state index contributed by atoms with van der Waals surface area (Å²) < 4.78 is 18.5. The van der Waals surface area contributed by atoms with Gasteiger partial charge in [0.2, 0.25) is 5.91 Å². The molecule has 152 valence electrons. The minimum Gasteiger partial charge on any atom is -0.394 e. The maximum Gasteiger partial charge on any atom is 0.254 e. The molecule has 0 radical (unpaired) electrons. The maximum absolute atomic E-state index is 13.5. The lowest BCUT2D eigenvalue weighted by Crippen LogP contribution is -2.86.